The molecule has 1 N–H and O–H groups in total. The second-order valence-corrected chi connectivity index (χ2v) is 10.7. The molecule has 0 saturated carbocycles. The Labute approximate surface area is 173 Å². The monoisotopic (exact) mass is 412 g/mol. The highest BCUT2D eigenvalue weighted by Gasteiger charge is 2.32. The number of amides is 1. The fraction of sp³-hybridized carbons (Fsp3) is 0.435. The van der Waals surface area contributed by atoms with E-state index in [-0.39, 0.29) is 5.91 Å². The van der Waals surface area contributed by atoms with E-state index >= 15 is 0 Å². The molecule has 0 spiro atoms. The molecule has 1 amide bonds. The van der Waals surface area contributed by atoms with Gasteiger partial charge in [0.15, 0.2) is 0 Å². The first-order valence-corrected chi connectivity index (χ1v) is 11.7. The van der Waals surface area contributed by atoms with Gasteiger partial charge in [-0.1, -0.05) is 32.9 Å². The summed E-state index contributed by atoms with van der Waals surface area (Å²) >= 11 is 0. The number of sulfonamides is 1. The molecule has 1 aliphatic heterocycles. The van der Waals surface area contributed by atoms with Crippen molar-refractivity contribution in [3.63, 3.8) is 0 Å². The Hall–Kier alpha value is -2.34. The first-order valence-electron chi connectivity index (χ1n) is 10.2. The van der Waals surface area contributed by atoms with Crippen LogP contribution in [0, 0.1) is 5.41 Å². The summed E-state index contributed by atoms with van der Waals surface area (Å²) in [5.41, 5.74) is 4.25. The number of hydrogen-bond donors (Lipinski definition) is 1. The molecule has 0 bridgehead atoms. The smallest absolute Gasteiger partial charge is 0.261 e. The van der Waals surface area contributed by atoms with Crippen LogP contribution >= 0.6 is 0 Å². The summed E-state index contributed by atoms with van der Waals surface area (Å²) in [4.78, 5) is 14.8. The molecule has 0 fully saturated rings. The van der Waals surface area contributed by atoms with Crippen molar-refractivity contribution in [2.75, 3.05) is 16.2 Å². The number of hydrogen-bond acceptors (Lipinski definition) is 3. The van der Waals surface area contributed by atoms with E-state index in [9.17, 15) is 13.2 Å². The summed E-state index contributed by atoms with van der Waals surface area (Å²) in [5, 5.41) is 0. The minimum atomic E-state index is -3.68. The van der Waals surface area contributed by atoms with Crippen LogP contribution in [0.4, 0.5) is 11.4 Å². The molecule has 4 rings (SSSR count). The third-order valence-corrected chi connectivity index (χ3v) is 7.13. The third-order valence-electron chi connectivity index (χ3n) is 5.75. The van der Waals surface area contributed by atoms with Gasteiger partial charge in [-0.2, -0.15) is 0 Å². The Balaban J connectivity index is 1.61. The Morgan fingerprint density at radius 1 is 0.931 bits per heavy atom. The largest absolute Gasteiger partial charge is 0.311 e. The summed E-state index contributed by atoms with van der Waals surface area (Å²) < 4.78 is 28.6. The number of carbonyl (C=O) groups is 1. The SMILES string of the molecule is CC(C)(C)C(=O)N1CCc2ccc(NS(=O)(=O)c3ccc4c(c3)CCCC4)cc21. The normalized spacial score (nSPS) is 16.3. The fourth-order valence-electron chi connectivity index (χ4n) is 4.15. The maximum absolute atomic E-state index is 13.0. The molecule has 154 valence electrons. The number of rotatable bonds is 3. The number of nitrogens with one attached hydrogen (secondary N) is 1. The van der Waals surface area contributed by atoms with E-state index in [1.807, 2.05) is 32.9 Å². The highest BCUT2D eigenvalue weighted by molar-refractivity contribution is 7.92. The Kier molecular flexibility index (Phi) is 4.93. The highest BCUT2D eigenvalue weighted by atomic mass is 32.2. The van der Waals surface area contributed by atoms with Gasteiger partial charge in [0.05, 0.1) is 10.6 Å². The molecule has 0 atom stereocenters. The van der Waals surface area contributed by atoms with Crippen molar-refractivity contribution < 1.29 is 13.2 Å². The van der Waals surface area contributed by atoms with E-state index < -0.39 is 15.4 Å². The van der Waals surface area contributed by atoms with Gasteiger partial charge in [-0.3, -0.25) is 9.52 Å². The maximum Gasteiger partial charge on any atom is 0.261 e. The second kappa shape index (κ2) is 7.17. The van der Waals surface area contributed by atoms with E-state index in [1.165, 1.54) is 5.56 Å². The van der Waals surface area contributed by atoms with E-state index in [0.29, 0.717) is 17.1 Å². The van der Waals surface area contributed by atoms with E-state index in [0.717, 1.165) is 48.9 Å². The van der Waals surface area contributed by atoms with E-state index in [4.69, 9.17) is 0 Å². The van der Waals surface area contributed by atoms with Gasteiger partial charge < -0.3 is 4.90 Å². The lowest BCUT2D eigenvalue weighted by Gasteiger charge is -2.26. The van der Waals surface area contributed by atoms with Gasteiger partial charge in [0.25, 0.3) is 10.0 Å². The number of nitrogens with zero attached hydrogens (tertiary/aromatic N) is 1. The maximum atomic E-state index is 13.0. The van der Waals surface area contributed by atoms with Gasteiger partial charge >= 0.3 is 0 Å². The summed E-state index contributed by atoms with van der Waals surface area (Å²) in [6.45, 7) is 6.33. The fourth-order valence-corrected chi connectivity index (χ4v) is 5.25. The van der Waals surface area contributed by atoms with Crippen LogP contribution in [0.1, 0.15) is 50.3 Å². The second-order valence-electron chi connectivity index (χ2n) is 9.04. The summed E-state index contributed by atoms with van der Waals surface area (Å²) in [6.07, 6.45) is 5.00. The average molecular weight is 413 g/mol. The van der Waals surface area contributed by atoms with Crippen LogP contribution in [0.2, 0.25) is 0 Å². The Morgan fingerprint density at radius 2 is 1.62 bits per heavy atom. The minimum Gasteiger partial charge on any atom is -0.311 e. The van der Waals surface area contributed by atoms with Gasteiger partial charge in [-0.05, 0) is 73.1 Å². The number of benzene rings is 2. The van der Waals surface area contributed by atoms with Crippen molar-refractivity contribution in [3.05, 3.63) is 53.1 Å². The summed E-state index contributed by atoms with van der Waals surface area (Å²) in [7, 11) is -3.68. The zero-order chi connectivity index (χ0) is 20.8. The topological polar surface area (TPSA) is 66.5 Å². The lowest BCUT2D eigenvalue weighted by Crippen LogP contribution is -2.38. The molecule has 0 aromatic heterocycles. The third kappa shape index (κ3) is 3.90. The zero-order valence-electron chi connectivity index (χ0n) is 17.3. The highest BCUT2D eigenvalue weighted by Crippen LogP contribution is 2.34. The molecule has 0 unspecified atom stereocenters. The molecule has 5 nitrogen and oxygen atoms in total. The van der Waals surface area contributed by atoms with Crippen LogP contribution in [-0.4, -0.2) is 20.9 Å². The van der Waals surface area contributed by atoms with E-state index in [1.54, 1.807) is 29.2 Å². The molecule has 29 heavy (non-hydrogen) atoms. The van der Waals surface area contributed by atoms with Crippen LogP contribution in [0.3, 0.4) is 0 Å². The molecule has 0 saturated heterocycles. The minimum absolute atomic E-state index is 0.0472. The summed E-state index contributed by atoms with van der Waals surface area (Å²) in [5.74, 6) is 0.0472. The Morgan fingerprint density at radius 3 is 2.34 bits per heavy atom. The number of carbonyl (C=O) groups excluding carboxylic acids is 1. The quantitative estimate of drug-likeness (QED) is 0.817. The van der Waals surface area contributed by atoms with Crippen LogP contribution in [0.15, 0.2) is 41.3 Å². The van der Waals surface area contributed by atoms with Crippen LogP contribution < -0.4 is 9.62 Å². The molecule has 2 aliphatic rings. The summed E-state index contributed by atoms with van der Waals surface area (Å²) in [6, 6.07) is 10.9. The van der Waals surface area contributed by atoms with Crippen molar-refractivity contribution in [3.8, 4) is 0 Å². The number of anilines is 2. The Bertz CT molecular complexity index is 1070. The first kappa shape index (κ1) is 20.0. The number of fused-ring (bicyclic) bond motifs is 2. The van der Waals surface area contributed by atoms with Crippen LogP contribution in [0.5, 0.6) is 0 Å². The van der Waals surface area contributed by atoms with Gasteiger partial charge in [0, 0.05) is 17.6 Å². The predicted octanol–water partition coefficient (Wildman–Crippen LogP) is 4.30. The molecule has 1 heterocycles. The molecule has 2 aromatic rings. The van der Waals surface area contributed by atoms with Crippen molar-refractivity contribution >= 4 is 27.3 Å². The van der Waals surface area contributed by atoms with Crippen molar-refractivity contribution in [2.24, 2.45) is 5.41 Å². The molecule has 2 aromatic carbocycles. The van der Waals surface area contributed by atoms with Gasteiger partial charge in [-0.25, -0.2) is 8.42 Å². The lowest BCUT2D eigenvalue weighted by molar-refractivity contribution is -0.125. The lowest BCUT2D eigenvalue weighted by atomic mass is 9.92. The van der Waals surface area contributed by atoms with Crippen LogP contribution in [-0.2, 0) is 34.1 Å². The van der Waals surface area contributed by atoms with Crippen molar-refractivity contribution in [1.82, 2.24) is 0 Å². The van der Waals surface area contributed by atoms with Crippen LogP contribution in [0.25, 0.3) is 0 Å². The zero-order valence-corrected chi connectivity index (χ0v) is 18.1. The molecule has 0 radical (unpaired) electrons. The van der Waals surface area contributed by atoms with Crippen molar-refractivity contribution in [2.45, 2.75) is 57.8 Å². The molecular weight excluding hydrogens is 384 g/mol. The first-order chi connectivity index (χ1) is 13.6. The van der Waals surface area contributed by atoms with Crippen molar-refractivity contribution in [1.29, 1.82) is 0 Å². The van der Waals surface area contributed by atoms with Gasteiger partial charge in [0.2, 0.25) is 5.91 Å². The molecule has 6 heteroatoms. The van der Waals surface area contributed by atoms with E-state index in [2.05, 4.69) is 4.72 Å². The van der Waals surface area contributed by atoms with Gasteiger partial charge in [0.1, 0.15) is 0 Å². The van der Waals surface area contributed by atoms with Gasteiger partial charge in [-0.15, -0.1) is 0 Å². The number of aryl methyl sites for hydroxylation is 2. The predicted molar refractivity (Wildman–Crippen MR) is 116 cm³/mol. The molecule has 1 aliphatic carbocycles. The average Bonchev–Trinajstić information content (AvgIpc) is 3.09. The molecular formula is C23H28N2O3S. The standard InChI is InChI=1S/C23H28N2O3S/c1-23(2,3)22(26)25-13-12-17-8-10-19(15-21(17)25)24-29(27,28)20-11-9-16-6-4-5-7-18(16)14-20/h8-11,14-15,24H,4-7,12-13H2,1-3H3.